The molecule has 0 aliphatic carbocycles. The van der Waals surface area contributed by atoms with Crippen LogP contribution < -0.4 is 5.32 Å². The minimum Gasteiger partial charge on any atom is -0.341 e. The summed E-state index contributed by atoms with van der Waals surface area (Å²) in [4.78, 5) is 30.2. The molecule has 0 saturated carbocycles. The van der Waals surface area contributed by atoms with Gasteiger partial charge in [-0.2, -0.15) is 0 Å². The van der Waals surface area contributed by atoms with Crippen molar-refractivity contribution in [3.8, 4) is 0 Å². The molecule has 1 unspecified atom stereocenters. The van der Waals surface area contributed by atoms with Gasteiger partial charge >= 0.3 is 0 Å². The summed E-state index contributed by atoms with van der Waals surface area (Å²) >= 11 is 0. The molecule has 2 fully saturated rings. The Balaban J connectivity index is 1.32. The lowest BCUT2D eigenvalue weighted by molar-refractivity contribution is -0.134. The number of carbonyl (C=O) groups is 1. The lowest BCUT2D eigenvalue weighted by atomic mass is 9.94. The van der Waals surface area contributed by atoms with Crippen LogP contribution in [0, 0.1) is 5.92 Å². The van der Waals surface area contributed by atoms with Crippen LogP contribution in [-0.4, -0.2) is 63.4 Å². The average molecular weight is 395 g/mol. The molecule has 2 aromatic heterocycles. The molecule has 1 N–H and O–H groups in total. The first-order chi connectivity index (χ1) is 14.2. The van der Waals surface area contributed by atoms with Gasteiger partial charge in [-0.15, -0.1) is 0 Å². The van der Waals surface area contributed by atoms with Crippen molar-refractivity contribution in [2.24, 2.45) is 5.92 Å². The number of nitrogens with one attached hydrogen (secondary N) is 1. The highest BCUT2D eigenvalue weighted by Gasteiger charge is 2.27. The number of hydrogen-bond acceptors (Lipinski definition) is 6. The van der Waals surface area contributed by atoms with Gasteiger partial charge in [-0.25, -0.2) is 9.97 Å². The molecule has 0 aromatic carbocycles. The Labute approximate surface area is 172 Å². The molecular formula is C22H30N6O. The van der Waals surface area contributed by atoms with Crippen LogP contribution in [-0.2, 0) is 4.79 Å². The monoisotopic (exact) mass is 394 g/mol. The minimum absolute atomic E-state index is 0.267. The van der Waals surface area contributed by atoms with Crippen molar-refractivity contribution < 1.29 is 4.79 Å². The molecule has 1 amide bonds. The number of likely N-dealkylation sites (tertiary alicyclic amines) is 2. The molecule has 7 nitrogen and oxygen atoms in total. The zero-order chi connectivity index (χ0) is 20.1. The summed E-state index contributed by atoms with van der Waals surface area (Å²) < 4.78 is 0. The van der Waals surface area contributed by atoms with Crippen molar-refractivity contribution in [1.29, 1.82) is 0 Å². The molecule has 2 saturated heterocycles. The van der Waals surface area contributed by atoms with E-state index in [1.54, 1.807) is 18.5 Å². The van der Waals surface area contributed by atoms with E-state index in [2.05, 4.69) is 38.2 Å². The molecule has 2 aliphatic heterocycles. The molecule has 1 atom stereocenters. The SMILES string of the molecule is CC1CCN(CC(=O)N2CCCC(c3ccc(Nc4ncccn4)cn3)C2)CC1. The Kier molecular flexibility index (Phi) is 6.34. The number of rotatable bonds is 5. The van der Waals surface area contributed by atoms with Gasteiger partial charge in [0, 0.05) is 37.1 Å². The number of anilines is 2. The smallest absolute Gasteiger partial charge is 0.236 e. The van der Waals surface area contributed by atoms with Crippen molar-refractivity contribution in [2.75, 3.05) is 38.0 Å². The van der Waals surface area contributed by atoms with E-state index >= 15 is 0 Å². The second-order valence-electron chi connectivity index (χ2n) is 8.31. The second kappa shape index (κ2) is 9.31. The third-order valence-electron chi connectivity index (χ3n) is 6.04. The fourth-order valence-electron chi connectivity index (χ4n) is 4.17. The molecule has 0 radical (unpaired) electrons. The van der Waals surface area contributed by atoms with Gasteiger partial charge < -0.3 is 10.2 Å². The van der Waals surface area contributed by atoms with E-state index in [-0.39, 0.29) is 5.91 Å². The summed E-state index contributed by atoms with van der Waals surface area (Å²) in [7, 11) is 0. The summed E-state index contributed by atoms with van der Waals surface area (Å²) in [5.74, 6) is 1.92. The molecule has 2 aliphatic rings. The first kappa shape index (κ1) is 19.8. The van der Waals surface area contributed by atoms with E-state index in [0.29, 0.717) is 18.4 Å². The summed E-state index contributed by atoms with van der Waals surface area (Å²) in [6.45, 7) is 6.59. The number of amides is 1. The van der Waals surface area contributed by atoms with Gasteiger partial charge in [-0.3, -0.25) is 14.7 Å². The fraction of sp³-hybridized carbons (Fsp3) is 0.545. The van der Waals surface area contributed by atoms with Crippen LogP contribution in [0.5, 0.6) is 0 Å². The molecular weight excluding hydrogens is 364 g/mol. The van der Waals surface area contributed by atoms with Crippen molar-refractivity contribution in [3.05, 3.63) is 42.5 Å². The highest BCUT2D eigenvalue weighted by molar-refractivity contribution is 5.78. The number of piperidine rings is 2. The van der Waals surface area contributed by atoms with Crippen LogP contribution in [0.3, 0.4) is 0 Å². The molecule has 2 aromatic rings. The van der Waals surface area contributed by atoms with E-state index in [1.165, 1.54) is 12.8 Å². The number of aromatic nitrogens is 3. The molecule has 29 heavy (non-hydrogen) atoms. The van der Waals surface area contributed by atoms with Crippen molar-refractivity contribution in [3.63, 3.8) is 0 Å². The van der Waals surface area contributed by atoms with Crippen molar-refractivity contribution >= 4 is 17.5 Å². The van der Waals surface area contributed by atoms with Gasteiger partial charge in [0.15, 0.2) is 0 Å². The van der Waals surface area contributed by atoms with E-state index in [9.17, 15) is 4.79 Å². The van der Waals surface area contributed by atoms with E-state index in [4.69, 9.17) is 0 Å². The number of carbonyl (C=O) groups excluding carboxylic acids is 1. The molecule has 0 bridgehead atoms. The third-order valence-corrected chi connectivity index (χ3v) is 6.04. The highest BCUT2D eigenvalue weighted by Crippen LogP contribution is 2.27. The minimum atomic E-state index is 0.267. The van der Waals surface area contributed by atoms with Gasteiger partial charge in [0.25, 0.3) is 0 Å². The lowest BCUT2D eigenvalue weighted by Gasteiger charge is -2.35. The molecule has 7 heteroatoms. The number of hydrogen-bond donors (Lipinski definition) is 1. The van der Waals surface area contributed by atoms with Crippen LogP contribution in [0.2, 0.25) is 0 Å². The molecule has 4 heterocycles. The molecule has 154 valence electrons. The maximum Gasteiger partial charge on any atom is 0.236 e. The first-order valence-electron chi connectivity index (χ1n) is 10.7. The van der Waals surface area contributed by atoms with Crippen molar-refractivity contribution in [1.82, 2.24) is 24.8 Å². The van der Waals surface area contributed by atoms with Crippen LogP contribution in [0.25, 0.3) is 0 Å². The van der Waals surface area contributed by atoms with E-state index in [0.717, 1.165) is 56.3 Å². The normalized spacial score (nSPS) is 21.1. The second-order valence-corrected chi connectivity index (χ2v) is 8.31. The van der Waals surface area contributed by atoms with Crippen LogP contribution in [0.15, 0.2) is 36.8 Å². The largest absolute Gasteiger partial charge is 0.341 e. The summed E-state index contributed by atoms with van der Waals surface area (Å²) in [5.41, 5.74) is 1.91. The quantitative estimate of drug-likeness (QED) is 0.840. The topological polar surface area (TPSA) is 74.2 Å². The Morgan fingerprint density at radius 1 is 1.10 bits per heavy atom. The molecule has 4 rings (SSSR count). The number of pyridine rings is 1. The van der Waals surface area contributed by atoms with Gasteiger partial charge in [-0.05, 0) is 62.9 Å². The lowest BCUT2D eigenvalue weighted by Crippen LogP contribution is -2.46. The van der Waals surface area contributed by atoms with Gasteiger partial charge in [-0.1, -0.05) is 6.92 Å². The molecule has 0 spiro atoms. The Hall–Kier alpha value is -2.54. The predicted octanol–water partition coefficient (Wildman–Crippen LogP) is 3.05. The number of nitrogens with zero attached hydrogens (tertiary/aromatic N) is 5. The summed E-state index contributed by atoms with van der Waals surface area (Å²) in [6, 6.07) is 5.85. The zero-order valence-electron chi connectivity index (χ0n) is 17.1. The van der Waals surface area contributed by atoms with Gasteiger partial charge in [0.05, 0.1) is 18.4 Å². The predicted molar refractivity (Wildman–Crippen MR) is 113 cm³/mol. The Bertz CT molecular complexity index is 789. The Morgan fingerprint density at radius 3 is 2.62 bits per heavy atom. The highest BCUT2D eigenvalue weighted by atomic mass is 16.2. The summed E-state index contributed by atoms with van der Waals surface area (Å²) in [6.07, 6.45) is 9.74. The fourth-order valence-corrected chi connectivity index (χ4v) is 4.17. The van der Waals surface area contributed by atoms with Gasteiger partial charge in [0.1, 0.15) is 0 Å². The maximum absolute atomic E-state index is 12.8. The zero-order valence-corrected chi connectivity index (χ0v) is 17.1. The van der Waals surface area contributed by atoms with E-state index in [1.807, 2.05) is 17.2 Å². The first-order valence-corrected chi connectivity index (χ1v) is 10.7. The van der Waals surface area contributed by atoms with Crippen molar-refractivity contribution in [2.45, 2.75) is 38.5 Å². The van der Waals surface area contributed by atoms with Crippen LogP contribution in [0.1, 0.15) is 44.2 Å². The maximum atomic E-state index is 12.8. The van der Waals surface area contributed by atoms with Gasteiger partial charge in [0.2, 0.25) is 11.9 Å². The third kappa shape index (κ3) is 5.29. The van der Waals surface area contributed by atoms with Crippen LogP contribution >= 0.6 is 0 Å². The van der Waals surface area contributed by atoms with Crippen LogP contribution in [0.4, 0.5) is 11.6 Å². The Morgan fingerprint density at radius 2 is 1.90 bits per heavy atom. The average Bonchev–Trinajstić information content (AvgIpc) is 2.77. The van der Waals surface area contributed by atoms with E-state index < -0.39 is 0 Å². The summed E-state index contributed by atoms with van der Waals surface area (Å²) in [5, 5.41) is 3.15. The standard InChI is InChI=1S/C22H30N6O/c1-17-7-12-27(13-8-17)16-21(29)28-11-2-4-18(15-28)20-6-5-19(14-25-20)26-22-23-9-3-10-24-22/h3,5-6,9-10,14,17-18H,2,4,7-8,11-13,15-16H2,1H3,(H,23,24,26).